The third-order valence-electron chi connectivity index (χ3n) is 3.39. The normalized spacial score (nSPS) is 10.6. The molecule has 0 fully saturated rings. The van der Waals surface area contributed by atoms with Gasteiger partial charge >= 0.3 is 5.69 Å². The molecular formula is C17H12ClFN4O2S. The molecule has 3 aromatic rings. The van der Waals surface area contributed by atoms with E-state index in [-0.39, 0.29) is 21.6 Å². The zero-order valence-corrected chi connectivity index (χ0v) is 15.0. The largest absolute Gasteiger partial charge is 0.343 e. The van der Waals surface area contributed by atoms with Crippen LogP contribution in [0.4, 0.5) is 21.6 Å². The lowest BCUT2D eigenvalue weighted by Crippen LogP contribution is -2.03. The summed E-state index contributed by atoms with van der Waals surface area (Å²) in [5.41, 5.74) is 1.20. The summed E-state index contributed by atoms with van der Waals surface area (Å²) in [6.45, 7) is 1.96. The van der Waals surface area contributed by atoms with E-state index >= 15 is 0 Å². The van der Waals surface area contributed by atoms with Crippen molar-refractivity contribution in [2.45, 2.75) is 16.8 Å². The molecule has 2 aromatic carbocycles. The van der Waals surface area contributed by atoms with Gasteiger partial charge in [-0.2, -0.15) is 0 Å². The molecule has 3 rings (SSSR count). The van der Waals surface area contributed by atoms with Crippen molar-refractivity contribution >= 4 is 40.6 Å². The smallest absolute Gasteiger partial charge is 0.334 e. The topological polar surface area (TPSA) is 81.0 Å². The summed E-state index contributed by atoms with van der Waals surface area (Å²) >= 11 is 6.91. The number of hydrogen-bond donors (Lipinski definition) is 1. The Morgan fingerprint density at radius 3 is 2.58 bits per heavy atom. The second kappa shape index (κ2) is 7.67. The van der Waals surface area contributed by atoms with Crippen LogP contribution in [0.15, 0.2) is 58.7 Å². The monoisotopic (exact) mass is 390 g/mol. The fourth-order valence-electron chi connectivity index (χ4n) is 2.12. The molecule has 0 aliphatic rings. The van der Waals surface area contributed by atoms with Gasteiger partial charge in [-0.05, 0) is 37.3 Å². The van der Waals surface area contributed by atoms with Gasteiger partial charge in [0.05, 0.1) is 9.95 Å². The fraction of sp³-hybridized carbons (Fsp3) is 0.0588. The number of aryl methyl sites for hydroxylation is 1. The van der Waals surface area contributed by atoms with E-state index in [4.69, 9.17) is 11.6 Å². The van der Waals surface area contributed by atoms with Crippen LogP contribution in [0.25, 0.3) is 0 Å². The summed E-state index contributed by atoms with van der Waals surface area (Å²) in [5, 5.41) is 14.5. The first-order chi connectivity index (χ1) is 12.4. The summed E-state index contributed by atoms with van der Waals surface area (Å²) in [4.78, 5) is 19.8. The molecule has 9 heteroatoms. The van der Waals surface area contributed by atoms with Gasteiger partial charge in [0.25, 0.3) is 0 Å². The molecule has 0 unspecified atom stereocenters. The molecule has 0 saturated carbocycles. The van der Waals surface area contributed by atoms with Crippen LogP contribution in [0.3, 0.4) is 0 Å². The number of nitrogens with one attached hydrogen (secondary N) is 1. The van der Waals surface area contributed by atoms with Crippen molar-refractivity contribution < 1.29 is 9.31 Å². The molecule has 1 heterocycles. The standard InChI is InChI=1S/C17H12ClFN4O2S/c1-10-2-5-12(6-3-10)26-17-15(23(24)25)16(20-9-21-17)22-11-4-7-14(19)13(18)8-11/h2-9H,1H3,(H,20,21,22). The van der Waals surface area contributed by atoms with Crippen LogP contribution in [0.2, 0.25) is 5.02 Å². The minimum atomic E-state index is -0.579. The van der Waals surface area contributed by atoms with E-state index < -0.39 is 10.7 Å². The minimum absolute atomic E-state index is 0.00212. The van der Waals surface area contributed by atoms with Crippen molar-refractivity contribution in [1.29, 1.82) is 0 Å². The number of benzene rings is 2. The van der Waals surface area contributed by atoms with Crippen molar-refractivity contribution in [3.63, 3.8) is 0 Å². The number of anilines is 2. The summed E-state index contributed by atoms with van der Waals surface area (Å²) in [6, 6.07) is 11.5. The zero-order chi connectivity index (χ0) is 18.7. The van der Waals surface area contributed by atoms with Crippen molar-refractivity contribution in [3.05, 3.63) is 75.3 Å². The quantitative estimate of drug-likeness (QED) is 0.358. The summed E-state index contributed by atoms with van der Waals surface area (Å²) in [5.74, 6) is -0.577. The van der Waals surface area contributed by atoms with E-state index in [9.17, 15) is 14.5 Å². The highest BCUT2D eigenvalue weighted by molar-refractivity contribution is 7.99. The van der Waals surface area contributed by atoms with Crippen LogP contribution in [-0.2, 0) is 0 Å². The third-order valence-corrected chi connectivity index (χ3v) is 4.68. The summed E-state index contributed by atoms with van der Waals surface area (Å²) in [7, 11) is 0. The molecule has 1 N–H and O–H groups in total. The average molecular weight is 391 g/mol. The highest BCUT2D eigenvalue weighted by atomic mass is 35.5. The van der Waals surface area contributed by atoms with Gasteiger partial charge in [-0.25, -0.2) is 14.4 Å². The van der Waals surface area contributed by atoms with Crippen LogP contribution in [0.5, 0.6) is 0 Å². The van der Waals surface area contributed by atoms with Gasteiger partial charge in [0.2, 0.25) is 5.82 Å². The summed E-state index contributed by atoms with van der Waals surface area (Å²) in [6.07, 6.45) is 1.23. The van der Waals surface area contributed by atoms with E-state index in [2.05, 4.69) is 15.3 Å². The molecule has 132 valence electrons. The van der Waals surface area contributed by atoms with Crippen LogP contribution in [-0.4, -0.2) is 14.9 Å². The van der Waals surface area contributed by atoms with Gasteiger partial charge in [0.15, 0.2) is 5.03 Å². The molecule has 0 aliphatic carbocycles. The van der Waals surface area contributed by atoms with Gasteiger partial charge in [-0.1, -0.05) is 41.1 Å². The molecule has 0 atom stereocenters. The number of nitrogens with zero attached hydrogens (tertiary/aromatic N) is 3. The maximum atomic E-state index is 13.3. The van der Waals surface area contributed by atoms with E-state index in [1.54, 1.807) is 0 Å². The molecule has 26 heavy (non-hydrogen) atoms. The van der Waals surface area contributed by atoms with Gasteiger partial charge in [0, 0.05) is 10.6 Å². The number of aromatic nitrogens is 2. The second-order valence-electron chi connectivity index (χ2n) is 5.30. The van der Waals surface area contributed by atoms with Crippen LogP contribution in [0.1, 0.15) is 5.56 Å². The number of rotatable bonds is 5. The Kier molecular flexibility index (Phi) is 5.34. The Morgan fingerprint density at radius 1 is 1.19 bits per heavy atom. The first kappa shape index (κ1) is 18.1. The third kappa shape index (κ3) is 4.09. The lowest BCUT2D eigenvalue weighted by atomic mass is 10.2. The fourth-order valence-corrected chi connectivity index (χ4v) is 3.17. The number of hydrogen-bond acceptors (Lipinski definition) is 6. The predicted octanol–water partition coefficient (Wildman–Crippen LogP) is 5.38. The van der Waals surface area contributed by atoms with Gasteiger partial charge < -0.3 is 5.32 Å². The van der Waals surface area contributed by atoms with E-state index in [1.807, 2.05) is 31.2 Å². The van der Waals surface area contributed by atoms with E-state index in [0.717, 1.165) is 22.2 Å². The van der Waals surface area contributed by atoms with E-state index in [1.165, 1.54) is 24.5 Å². The molecule has 0 saturated heterocycles. The lowest BCUT2D eigenvalue weighted by Gasteiger charge is -2.09. The first-order valence-electron chi connectivity index (χ1n) is 7.40. The number of halogens is 2. The van der Waals surface area contributed by atoms with Crippen molar-refractivity contribution in [3.8, 4) is 0 Å². The van der Waals surface area contributed by atoms with Gasteiger partial charge in [-0.15, -0.1) is 0 Å². The molecule has 0 radical (unpaired) electrons. The van der Waals surface area contributed by atoms with Gasteiger partial charge in [0.1, 0.15) is 12.1 Å². The van der Waals surface area contributed by atoms with Gasteiger partial charge in [-0.3, -0.25) is 10.1 Å². The van der Waals surface area contributed by atoms with Crippen molar-refractivity contribution in [2.24, 2.45) is 0 Å². The second-order valence-corrected chi connectivity index (χ2v) is 6.77. The maximum Gasteiger partial charge on any atom is 0.343 e. The highest BCUT2D eigenvalue weighted by Crippen LogP contribution is 2.37. The van der Waals surface area contributed by atoms with Crippen LogP contribution >= 0.6 is 23.4 Å². The van der Waals surface area contributed by atoms with Crippen molar-refractivity contribution in [1.82, 2.24) is 9.97 Å². The molecule has 6 nitrogen and oxygen atoms in total. The molecule has 1 aromatic heterocycles. The number of nitro groups is 1. The Labute approximate surface area is 157 Å². The first-order valence-corrected chi connectivity index (χ1v) is 8.59. The Balaban J connectivity index is 1.96. The van der Waals surface area contributed by atoms with Crippen LogP contribution < -0.4 is 5.32 Å². The average Bonchev–Trinajstić information content (AvgIpc) is 2.60. The molecule has 0 spiro atoms. The molecule has 0 amide bonds. The maximum absolute atomic E-state index is 13.3. The van der Waals surface area contributed by atoms with Crippen LogP contribution in [0, 0.1) is 22.9 Å². The zero-order valence-electron chi connectivity index (χ0n) is 13.4. The summed E-state index contributed by atoms with van der Waals surface area (Å²) < 4.78 is 13.3. The Morgan fingerprint density at radius 2 is 1.92 bits per heavy atom. The minimum Gasteiger partial charge on any atom is -0.334 e. The molecule has 0 bridgehead atoms. The lowest BCUT2D eigenvalue weighted by molar-refractivity contribution is -0.387. The highest BCUT2D eigenvalue weighted by Gasteiger charge is 2.24. The molecular weight excluding hydrogens is 379 g/mol. The Hall–Kier alpha value is -2.71. The SMILES string of the molecule is Cc1ccc(Sc2ncnc(Nc3ccc(F)c(Cl)c3)c2[N+](=O)[O-])cc1. The Bertz CT molecular complexity index is 969. The van der Waals surface area contributed by atoms with E-state index in [0.29, 0.717) is 5.69 Å². The van der Waals surface area contributed by atoms with Crippen molar-refractivity contribution in [2.75, 3.05) is 5.32 Å². The predicted molar refractivity (Wildman–Crippen MR) is 98.7 cm³/mol. The molecule has 0 aliphatic heterocycles.